The van der Waals surface area contributed by atoms with Crippen molar-refractivity contribution < 1.29 is 13.9 Å². The Morgan fingerprint density at radius 1 is 1.13 bits per heavy atom. The van der Waals surface area contributed by atoms with E-state index in [1.165, 1.54) is 29.7 Å². The van der Waals surface area contributed by atoms with Crippen LogP contribution in [0.1, 0.15) is 30.9 Å². The molecule has 0 heterocycles. The lowest BCUT2D eigenvalue weighted by molar-refractivity contribution is -0.122. The highest BCUT2D eigenvalue weighted by Crippen LogP contribution is 2.30. The number of anilines is 1. The molecule has 1 aliphatic rings. The number of fused-ring (bicyclic) bond motifs is 1. The van der Waals surface area contributed by atoms with Gasteiger partial charge in [0, 0.05) is 0 Å². The maximum atomic E-state index is 13.6. The molecule has 3 rings (SSSR count). The first-order chi connectivity index (χ1) is 11.1. The van der Waals surface area contributed by atoms with Crippen LogP contribution in [0.2, 0.25) is 0 Å². The van der Waals surface area contributed by atoms with Crippen LogP contribution in [0.25, 0.3) is 0 Å². The van der Waals surface area contributed by atoms with Crippen LogP contribution < -0.4 is 10.1 Å². The van der Waals surface area contributed by atoms with E-state index in [0.29, 0.717) is 0 Å². The van der Waals surface area contributed by atoms with Gasteiger partial charge in [-0.1, -0.05) is 24.3 Å². The zero-order chi connectivity index (χ0) is 16.2. The summed E-state index contributed by atoms with van der Waals surface area (Å²) in [6, 6.07) is 12.1. The van der Waals surface area contributed by atoms with Crippen molar-refractivity contribution in [2.75, 3.05) is 5.32 Å². The molecule has 2 aromatic rings. The Hall–Kier alpha value is -2.36. The number of benzene rings is 2. The summed E-state index contributed by atoms with van der Waals surface area (Å²) in [7, 11) is 0. The number of para-hydroxylation sites is 1. The van der Waals surface area contributed by atoms with Crippen LogP contribution in [0.4, 0.5) is 10.1 Å². The highest BCUT2D eigenvalue weighted by molar-refractivity contribution is 5.94. The van der Waals surface area contributed by atoms with E-state index < -0.39 is 11.9 Å². The zero-order valence-electron chi connectivity index (χ0n) is 13.1. The first-order valence-corrected chi connectivity index (χ1v) is 7.98. The number of carbonyl (C=O) groups excluding carboxylic acids is 1. The van der Waals surface area contributed by atoms with Crippen LogP contribution in [0, 0.1) is 5.82 Å². The van der Waals surface area contributed by atoms with Crippen LogP contribution in [-0.2, 0) is 17.6 Å². The van der Waals surface area contributed by atoms with E-state index in [1.807, 2.05) is 12.1 Å². The molecule has 0 spiro atoms. The Morgan fingerprint density at radius 3 is 2.74 bits per heavy atom. The first kappa shape index (κ1) is 15.5. The largest absolute Gasteiger partial charge is 0.481 e. The van der Waals surface area contributed by atoms with Crippen molar-refractivity contribution in [3.8, 4) is 5.75 Å². The molecule has 1 amide bonds. The van der Waals surface area contributed by atoms with E-state index in [1.54, 1.807) is 19.1 Å². The number of aryl methyl sites for hydroxylation is 1. The molecule has 0 aromatic heterocycles. The van der Waals surface area contributed by atoms with Gasteiger partial charge in [-0.15, -0.1) is 0 Å². The monoisotopic (exact) mass is 313 g/mol. The van der Waals surface area contributed by atoms with Gasteiger partial charge >= 0.3 is 0 Å². The third-order valence-corrected chi connectivity index (χ3v) is 4.16. The summed E-state index contributed by atoms with van der Waals surface area (Å²) in [6.07, 6.45) is 3.68. The maximum absolute atomic E-state index is 13.6. The minimum Gasteiger partial charge on any atom is -0.481 e. The Balaban J connectivity index is 1.71. The highest BCUT2D eigenvalue weighted by Gasteiger charge is 2.20. The van der Waals surface area contributed by atoms with Crippen LogP contribution in [0.15, 0.2) is 42.5 Å². The number of halogens is 1. The predicted molar refractivity (Wildman–Crippen MR) is 88.2 cm³/mol. The van der Waals surface area contributed by atoms with Crippen molar-refractivity contribution >= 4 is 11.6 Å². The van der Waals surface area contributed by atoms with Crippen molar-refractivity contribution in [3.05, 3.63) is 59.4 Å². The first-order valence-electron chi connectivity index (χ1n) is 7.98. The van der Waals surface area contributed by atoms with Crippen molar-refractivity contribution in [3.63, 3.8) is 0 Å². The summed E-state index contributed by atoms with van der Waals surface area (Å²) in [6.45, 7) is 1.68. The van der Waals surface area contributed by atoms with Gasteiger partial charge in [-0.2, -0.15) is 0 Å². The van der Waals surface area contributed by atoms with Gasteiger partial charge in [-0.3, -0.25) is 4.79 Å². The summed E-state index contributed by atoms with van der Waals surface area (Å²) < 4.78 is 19.5. The molecular formula is C19H20FNO2. The van der Waals surface area contributed by atoms with Crippen LogP contribution in [0.3, 0.4) is 0 Å². The molecule has 0 saturated heterocycles. The SMILES string of the molecule is CC(Oc1cccc2c1CCCC2)C(=O)Nc1ccccc1F. The molecule has 2 aromatic carbocycles. The van der Waals surface area contributed by atoms with E-state index in [2.05, 4.69) is 11.4 Å². The van der Waals surface area contributed by atoms with E-state index in [0.717, 1.165) is 25.0 Å². The molecule has 23 heavy (non-hydrogen) atoms. The fourth-order valence-corrected chi connectivity index (χ4v) is 2.90. The number of ether oxygens (including phenoxy) is 1. The van der Waals surface area contributed by atoms with Crippen LogP contribution in [-0.4, -0.2) is 12.0 Å². The van der Waals surface area contributed by atoms with Gasteiger partial charge < -0.3 is 10.1 Å². The Bertz CT molecular complexity index is 714. The van der Waals surface area contributed by atoms with Crippen molar-refractivity contribution in [1.29, 1.82) is 0 Å². The number of amides is 1. The molecule has 0 radical (unpaired) electrons. The van der Waals surface area contributed by atoms with E-state index >= 15 is 0 Å². The average Bonchev–Trinajstić information content (AvgIpc) is 2.57. The third kappa shape index (κ3) is 3.52. The summed E-state index contributed by atoms with van der Waals surface area (Å²) in [5.41, 5.74) is 2.67. The summed E-state index contributed by atoms with van der Waals surface area (Å²) in [5, 5.41) is 2.57. The Kier molecular flexibility index (Phi) is 4.60. The second kappa shape index (κ2) is 6.82. The molecule has 1 unspecified atom stereocenters. The highest BCUT2D eigenvalue weighted by atomic mass is 19.1. The zero-order valence-corrected chi connectivity index (χ0v) is 13.1. The normalized spacial score (nSPS) is 14.7. The van der Waals surface area contributed by atoms with Gasteiger partial charge in [-0.05, 0) is 61.9 Å². The van der Waals surface area contributed by atoms with Crippen LogP contribution >= 0.6 is 0 Å². The summed E-state index contributed by atoms with van der Waals surface area (Å²) in [4.78, 5) is 12.2. The standard InChI is InChI=1S/C19H20FNO2/c1-13(19(22)21-17-11-5-4-10-16(17)20)23-18-12-6-8-14-7-2-3-9-15(14)18/h4-6,8,10-13H,2-3,7,9H2,1H3,(H,21,22). The minimum absolute atomic E-state index is 0.169. The van der Waals surface area contributed by atoms with Gasteiger partial charge in [0.2, 0.25) is 0 Å². The van der Waals surface area contributed by atoms with Gasteiger partial charge in [0.25, 0.3) is 5.91 Å². The van der Waals surface area contributed by atoms with Gasteiger partial charge in [0.15, 0.2) is 6.10 Å². The number of rotatable bonds is 4. The fraction of sp³-hybridized carbons (Fsp3) is 0.316. The lowest BCUT2D eigenvalue weighted by atomic mass is 9.91. The van der Waals surface area contributed by atoms with E-state index in [4.69, 9.17) is 4.74 Å². The molecule has 1 atom stereocenters. The number of hydrogen-bond acceptors (Lipinski definition) is 2. The van der Waals surface area contributed by atoms with Gasteiger partial charge in [-0.25, -0.2) is 4.39 Å². The van der Waals surface area contributed by atoms with Crippen molar-refractivity contribution in [2.24, 2.45) is 0 Å². The summed E-state index contributed by atoms with van der Waals surface area (Å²) >= 11 is 0. The number of nitrogens with one attached hydrogen (secondary N) is 1. The molecule has 0 aliphatic heterocycles. The quantitative estimate of drug-likeness (QED) is 0.922. The second-order valence-corrected chi connectivity index (χ2v) is 5.83. The Morgan fingerprint density at radius 2 is 1.91 bits per heavy atom. The average molecular weight is 313 g/mol. The molecule has 0 fully saturated rings. The minimum atomic E-state index is -0.692. The molecule has 1 aliphatic carbocycles. The van der Waals surface area contributed by atoms with Crippen LogP contribution in [0.5, 0.6) is 5.75 Å². The Labute approximate surface area is 135 Å². The maximum Gasteiger partial charge on any atom is 0.265 e. The molecule has 4 heteroatoms. The molecule has 120 valence electrons. The molecule has 0 saturated carbocycles. The lowest BCUT2D eigenvalue weighted by Crippen LogP contribution is -2.31. The molecule has 0 bridgehead atoms. The second-order valence-electron chi connectivity index (χ2n) is 5.83. The van der Waals surface area contributed by atoms with Crippen molar-refractivity contribution in [1.82, 2.24) is 0 Å². The topological polar surface area (TPSA) is 38.3 Å². The number of hydrogen-bond donors (Lipinski definition) is 1. The van der Waals surface area contributed by atoms with Gasteiger partial charge in [0.05, 0.1) is 5.69 Å². The number of carbonyl (C=O) groups is 1. The van der Waals surface area contributed by atoms with E-state index in [9.17, 15) is 9.18 Å². The predicted octanol–water partition coefficient (Wildman–Crippen LogP) is 4.11. The molecule has 3 nitrogen and oxygen atoms in total. The molecular weight excluding hydrogens is 293 g/mol. The third-order valence-electron chi connectivity index (χ3n) is 4.16. The van der Waals surface area contributed by atoms with Gasteiger partial charge in [0.1, 0.15) is 11.6 Å². The lowest BCUT2D eigenvalue weighted by Gasteiger charge is -2.22. The summed E-state index contributed by atoms with van der Waals surface area (Å²) in [5.74, 6) is -0.0490. The fourth-order valence-electron chi connectivity index (χ4n) is 2.90. The van der Waals surface area contributed by atoms with Crippen molar-refractivity contribution in [2.45, 2.75) is 38.7 Å². The van der Waals surface area contributed by atoms with E-state index in [-0.39, 0.29) is 11.6 Å². The smallest absolute Gasteiger partial charge is 0.265 e. The molecule has 1 N–H and O–H groups in total.